The first-order valence-electron chi connectivity index (χ1n) is 6.51. The lowest BCUT2D eigenvalue weighted by atomic mass is 9.94. The second-order valence-electron chi connectivity index (χ2n) is 5.91. The van der Waals surface area contributed by atoms with Crippen molar-refractivity contribution in [3.05, 3.63) is 35.4 Å². The molecule has 17 heavy (non-hydrogen) atoms. The molecule has 0 bridgehead atoms. The first-order valence-corrected chi connectivity index (χ1v) is 6.51. The van der Waals surface area contributed by atoms with Crippen molar-refractivity contribution >= 4 is 0 Å². The maximum Gasteiger partial charge on any atom is 0.0494 e. The molecule has 0 aliphatic carbocycles. The Labute approximate surface area is 104 Å². The van der Waals surface area contributed by atoms with Crippen LogP contribution in [0.1, 0.15) is 31.4 Å². The molecule has 0 radical (unpaired) electrons. The molecule has 0 spiro atoms. The van der Waals surface area contributed by atoms with Crippen molar-refractivity contribution in [1.82, 2.24) is 4.90 Å². The van der Waals surface area contributed by atoms with Gasteiger partial charge in [0, 0.05) is 25.1 Å². The van der Waals surface area contributed by atoms with Crippen LogP contribution in [0.15, 0.2) is 24.3 Å². The van der Waals surface area contributed by atoms with Crippen molar-refractivity contribution in [3.63, 3.8) is 0 Å². The van der Waals surface area contributed by atoms with E-state index in [9.17, 15) is 5.11 Å². The highest BCUT2D eigenvalue weighted by atomic mass is 16.3. The largest absolute Gasteiger partial charge is 0.396 e. The van der Waals surface area contributed by atoms with Gasteiger partial charge in [0.1, 0.15) is 0 Å². The zero-order valence-electron chi connectivity index (χ0n) is 10.9. The molecule has 0 saturated carbocycles. The SMILES string of the molecule is CC(C)(CO)CN1CCCc2ccccc2C1. The van der Waals surface area contributed by atoms with Gasteiger partial charge in [0.25, 0.3) is 0 Å². The van der Waals surface area contributed by atoms with Crippen molar-refractivity contribution in [1.29, 1.82) is 0 Å². The summed E-state index contributed by atoms with van der Waals surface area (Å²) in [6, 6.07) is 8.74. The summed E-state index contributed by atoms with van der Waals surface area (Å²) in [7, 11) is 0. The number of aliphatic hydroxyl groups excluding tert-OH is 1. The first kappa shape index (κ1) is 12.6. The molecule has 2 rings (SSSR count). The average Bonchev–Trinajstić information content (AvgIpc) is 2.50. The third-order valence-corrected chi connectivity index (χ3v) is 3.51. The molecule has 1 aromatic carbocycles. The topological polar surface area (TPSA) is 23.5 Å². The number of rotatable bonds is 3. The van der Waals surface area contributed by atoms with Crippen molar-refractivity contribution in [2.75, 3.05) is 19.7 Å². The molecule has 1 heterocycles. The zero-order valence-corrected chi connectivity index (χ0v) is 10.9. The van der Waals surface area contributed by atoms with Gasteiger partial charge in [-0.05, 0) is 30.5 Å². The van der Waals surface area contributed by atoms with Crippen LogP contribution in [0.5, 0.6) is 0 Å². The Morgan fingerprint density at radius 3 is 2.65 bits per heavy atom. The van der Waals surface area contributed by atoms with E-state index in [-0.39, 0.29) is 12.0 Å². The normalized spacial score (nSPS) is 17.6. The Morgan fingerprint density at radius 2 is 1.94 bits per heavy atom. The second-order valence-corrected chi connectivity index (χ2v) is 5.91. The van der Waals surface area contributed by atoms with Gasteiger partial charge in [-0.15, -0.1) is 0 Å². The third-order valence-electron chi connectivity index (χ3n) is 3.51. The van der Waals surface area contributed by atoms with E-state index in [2.05, 4.69) is 43.0 Å². The molecule has 1 aliphatic heterocycles. The van der Waals surface area contributed by atoms with E-state index >= 15 is 0 Å². The first-order chi connectivity index (χ1) is 8.11. The number of hydrogen-bond acceptors (Lipinski definition) is 2. The minimum atomic E-state index is -0.000711. The minimum absolute atomic E-state index is 0.000711. The van der Waals surface area contributed by atoms with Crippen LogP contribution in [0.2, 0.25) is 0 Å². The number of hydrogen-bond donors (Lipinski definition) is 1. The van der Waals surface area contributed by atoms with Crippen molar-refractivity contribution in [2.24, 2.45) is 5.41 Å². The number of benzene rings is 1. The lowest BCUT2D eigenvalue weighted by Crippen LogP contribution is -2.36. The fourth-order valence-electron chi connectivity index (χ4n) is 2.56. The Hall–Kier alpha value is -0.860. The van der Waals surface area contributed by atoms with Crippen molar-refractivity contribution < 1.29 is 5.11 Å². The van der Waals surface area contributed by atoms with Crippen molar-refractivity contribution in [2.45, 2.75) is 33.2 Å². The quantitative estimate of drug-likeness (QED) is 0.867. The Bertz CT molecular complexity index is 373. The van der Waals surface area contributed by atoms with Gasteiger partial charge in [-0.2, -0.15) is 0 Å². The van der Waals surface area contributed by atoms with E-state index in [1.165, 1.54) is 24.0 Å². The molecule has 0 amide bonds. The van der Waals surface area contributed by atoms with Gasteiger partial charge >= 0.3 is 0 Å². The van der Waals surface area contributed by atoms with Crippen LogP contribution >= 0.6 is 0 Å². The van der Waals surface area contributed by atoms with Gasteiger partial charge in [0.15, 0.2) is 0 Å². The molecular formula is C15H23NO. The molecule has 0 saturated heterocycles. The van der Waals surface area contributed by atoms with Crippen LogP contribution in [0.3, 0.4) is 0 Å². The predicted octanol–water partition coefficient (Wildman–Crippen LogP) is 2.45. The van der Waals surface area contributed by atoms with Crippen molar-refractivity contribution in [3.8, 4) is 0 Å². The fourth-order valence-corrected chi connectivity index (χ4v) is 2.56. The summed E-state index contributed by atoms with van der Waals surface area (Å²) in [4.78, 5) is 2.47. The molecular weight excluding hydrogens is 210 g/mol. The van der Waals surface area contributed by atoms with E-state index in [0.29, 0.717) is 0 Å². The van der Waals surface area contributed by atoms with Crippen LogP contribution in [-0.2, 0) is 13.0 Å². The number of fused-ring (bicyclic) bond motifs is 1. The average molecular weight is 233 g/mol. The molecule has 0 atom stereocenters. The van der Waals surface area contributed by atoms with E-state index in [0.717, 1.165) is 19.6 Å². The standard InChI is InChI=1S/C15H23NO/c1-15(2,12-17)11-16-9-5-8-13-6-3-4-7-14(13)10-16/h3-4,6-7,17H,5,8-12H2,1-2H3. The van der Waals surface area contributed by atoms with E-state index in [1.807, 2.05) is 0 Å². The summed E-state index contributed by atoms with van der Waals surface area (Å²) < 4.78 is 0. The lowest BCUT2D eigenvalue weighted by Gasteiger charge is -2.30. The Balaban J connectivity index is 2.08. The number of nitrogens with zero attached hydrogens (tertiary/aromatic N) is 1. The highest BCUT2D eigenvalue weighted by Gasteiger charge is 2.22. The molecule has 2 nitrogen and oxygen atoms in total. The molecule has 0 fully saturated rings. The lowest BCUT2D eigenvalue weighted by molar-refractivity contribution is 0.0998. The fraction of sp³-hybridized carbons (Fsp3) is 0.600. The summed E-state index contributed by atoms with van der Waals surface area (Å²) in [5, 5.41) is 9.36. The predicted molar refractivity (Wildman–Crippen MR) is 70.9 cm³/mol. The van der Waals surface area contributed by atoms with E-state index in [4.69, 9.17) is 0 Å². The Morgan fingerprint density at radius 1 is 1.24 bits per heavy atom. The number of aliphatic hydroxyl groups is 1. The summed E-state index contributed by atoms with van der Waals surface area (Å²) in [5.74, 6) is 0. The van der Waals surface area contributed by atoms with Gasteiger partial charge in [-0.25, -0.2) is 0 Å². The zero-order chi connectivity index (χ0) is 12.3. The second kappa shape index (κ2) is 5.19. The molecule has 1 aliphatic rings. The van der Waals surface area contributed by atoms with Crippen LogP contribution in [0, 0.1) is 5.41 Å². The van der Waals surface area contributed by atoms with Gasteiger partial charge < -0.3 is 5.11 Å². The van der Waals surface area contributed by atoms with E-state index < -0.39 is 0 Å². The van der Waals surface area contributed by atoms with Crippen LogP contribution in [-0.4, -0.2) is 29.7 Å². The molecule has 1 aromatic rings. The number of aryl methyl sites for hydroxylation is 1. The Kier molecular flexibility index (Phi) is 3.85. The summed E-state index contributed by atoms with van der Waals surface area (Å²) in [6.45, 7) is 7.65. The third kappa shape index (κ3) is 3.30. The molecule has 0 unspecified atom stereocenters. The molecule has 94 valence electrons. The maximum atomic E-state index is 9.36. The van der Waals surface area contributed by atoms with Crippen LogP contribution < -0.4 is 0 Å². The highest BCUT2D eigenvalue weighted by molar-refractivity contribution is 5.28. The van der Waals surface area contributed by atoms with E-state index in [1.54, 1.807) is 0 Å². The molecule has 2 heteroatoms. The van der Waals surface area contributed by atoms with Gasteiger partial charge in [-0.3, -0.25) is 4.90 Å². The highest BCUT2D eigenvalue weighted by Crippen LogP contribution is 2.22. The minimum Gasteiger partial charge on any atom is -0.396 e. The monoisotopic (exact) mass is 233 g/mol. The molecule has 0 aromatic heterocycles. The maximum absolute atomic E-state index is 9.36. The smallest absolute Gasteiger partial charge is 0.0494 e. The summed E-state index contributed by atoms with van der Waals surface area (Å²) in [5.41, 5.74) is 2.95. The van der Waals surface area contributed by atoms with Crippen LogP contribution in [0.25, 0.3) is 0 Å². The van der Waals surface area contributed by atoms with Gasteiger partial charge in [0.05, 0.1) is 0 Å². The summed E-state index contributed by atoms with van der Waals surface area (Å²) >= 11 is 0. The summed E-state index contributed by atoms with van der Waals surface area (Å²) in [6.07, 6.45) is 2.41. The van der Waals surface area contributed by atoms with Crippen LogP contribution in [0.4, 0.5) is 0 Å². The van der Waals surface area contributed by atoms with Gasteiger partial charge in [0.2, 0.25) is 0 Å². The van der Waals surface area contributed by atoms with Gasteiger partial charge in [-0.1, -0.05) is 38.1 Å². The molecule has 1 N–H and O–H groups in total.